The van der Waals surface area contributed by atoms with Gasteiger partial charge in [0, 0.05) is 11.6 Å². The average Bonchev–Trinajstić information content (AvgIpc) is 2.97. The SMILES string of the molecule is CCCC(N)c1cn(-c2cccc3cccnc23)nn1. The molecule has 3 rings (SSSR count). The lowest BCUT2D eigenvalue weighted by Crippen LogP contribution is -2.10. The van der Waals surface area contributed by atoms with Crippen LogP contribution < -0.4 is 5.73 Å². The van der Waals surface area contributed by atoms with Crippen molar-refractivity contribution in [3.63, 3.8) is 0 Å². The van der Waals surface area contributed by atoms with Crippen molar-refractivity contribution < 1.29 is 0 Å². The molecular formula is C15H17N5. The minimum atomic E-state index is -0.0586. The second-order valence-electron chi connectivity index (χ2n) is 4.84. The first-order valence-electron chi connectivity index (χ1n) is 6.81. The zero-order valence-electron chi connectivity index (χ0n) is 11.4. The fourth-order valence-corrected chi connectivity index (χ4v) is 2.30. The zero-order valence-corrected chi connectivity index (χ0v) is 11.4. The van der Waals surface area contributed by atoms with E-state index < -0.39 is 0 Å². The molecule has 3 aromatic rings. The quantitative estimate of drug-likeness (QED) is 0.789. The Bertz CT molecular complexity index is 714. The molecule has 5 heteroatoms. The molecule has 102 valence electrons. The largest absolute Gasteiger partial charge is 0.323 e. The summed E-state index contributed by atoms with van der Waals surface area (Å²) < 4.78 is 1.75. The highest BCUT2D eigenvalue weighted by Gasteiger charge is 2.12. The molecule has 0 aliphatic carbocycles. The van der Waals surface area contributed by atoms with Crippen LogP contribution in [0.2, 0.25) is 0 Å². The highest BCUT2D eigenvalue weighted by atomic mass is 15.4. The van der Waals surface area contributed by atoms with Crippen LogP contribution in [0.1, 0.15) is 31.5 Å². The van der Waals surface area contributed by atoms with E-state index in [4.69, 9.17) is 5.73 Å². The average molecular weight is 267 g/mol. The molecule has 20 heavy (non-hydrogen) atoms. The predicted octanol–water partition coefficient (Wildman–Crippen LogP) is 2.62. The topological polar surface area (TPSA) is 69.6 Å². The van der Waals surface area contributed by atoms with Gasteiger partial charge in [-0.1, -0.05) is 36.8 Å². The smallest absolute Gasteiger partial charge is 0.0998 e. The van der Waals surface area contributed by atoms with Gasteiger partial charge in [-0.25, -0.2) is 4.68 Å². The van der Waals surface area contributed by atoms with Crippen molar-refractivity contribution in [3.8, 4) is 5.69 Å². The second kappa shape index (κ2) is 5.38. The number of hydrogen-bond acceptors (Lipinski definition) is 4. The highest BCUT2D eigenvalue weighted by molar-refractivity contribution is 5.85. The molecule has 1 atom stereocenters. The Labute approximate surface area is 117 Å². The van der Waals surface area contributed by atoms with Gasteiger partial charge < -0.3 is 5.73 Å². The summed E-state index contributed by atoms with van der Waals surface area (Å²) >= 11 is 0. The molecule has 0 saturated carbocycles. The van der Waals surface area contributed by atoms with Crippen molar-refractivity contribution in [3.05, 3.63) is 48.4 Å². The highest BCUT2D eigenvalue weighted by Crippen LogP contribution is 2.20. The Morgan fingerprint density at radius 3 is 2.95 bits per heavy atom. The number of nitrogens with two attached hydrogens (primary N) is 1. The van der Waals surface area contributed by atoms with E-state index in [0.717, 1.165) is 35.1 Å². The molecular weight excluding hydrogens is 250 g/mol. The van der Waals surface area contributed by atoms with Gasteiger partial charge in [0.2, 0.25) is 0 Å². The minimum Gasteiger partial charge on any atom is -0.323 e. The fraction of sp³-hybridized carbons (Fsp3) is 0.267. The zero-order chi connectivity index (χ0) is 13.9. The van der Waals surface area contributed by atoms with Gasteiger partial charge in [0.25, 0.3) is 0 Å². The van der Waals surface area contributed by atoms with Crippen LogP contribution in [0.3, 0.4) is 0 Å². The molecule has 0 fully saturated rings. The van der Waals surface area contributed by atoms with Gasteiger partial charge in [0.05, 0.1) is 29.1 Å². The Hall–Kier alpha value is -2.27. The Morgan fingerprint density at radius 1 is 1.25 bits per heavy atom. The first kappa shape index (κ1) is 12.7. The number of rotatable bonds is 4. The molecule has 2 N–H and O–H groups in total. The van der Waals surface area contributed by atoms with Crippen LogP contribution >= 0.6 is 0 Å². The third-order valence-corrected chi connectivity index (χ3v) is 3.35. The number of para-hydroxylation sites is 1. The summed E-state index contributed by atoms with van der Waals surface area (Å²) in [5.74, 6) is 0. The fourth-order valence-electron chi connectivity index (χ4n) is 2.30. The molecule has 0 radical (unpaired) electrons. The normalized spacial score (nSPS) is 12.7. The van der Waals surface area contributed by atoms with Crippen molar-refractivity contribution in [2.24, 2.45) is 5.73 Å². The van der Waals surface area contributed by atoms with Crippen LogP contribution in [-0.4, -0.2) is 20.0 Å². The van der Waals surface area contributed by atoms with E-state index in [0.29, 0.717) is 0 Å². The molecule has 0 bridgehead atoms. The number of nitrogens with zero attached hydrogens (tertiary/aromatic N) is 4. The van der Waals surface area contributed by atoms with Gasteiger partial charge in [0.15, 0.2) is 0 Å². The van der Waals surface area contributed by atoms with E-state index in [-0.39, 0.29) is 6.04 Å². The van der Waals surface area contributed by atoms with Gasteiger partial charge in [-0.05, 0) is 18.6 Å². The summed E-state index contributed by atoms with van der Waals surface area (Å²) in [7, 11) is 0. The predicted molar refractivity (Wildman–Crippen MR) is 78.5 cm³/mol. The number of fused-ring (bicyclic) bond motifs is 1. The van der Waals surface area contributed by atoms with Gasteiger partial charge in [0.1, 0.15) is 0 Å². The van der Waals surface area contributed by atoms with Gasteiger partial charge in [-0.3, -0.25) is 4.98 Å². The van der Waals surface area contributed by atoms with Crippen LogP contribution in [0.15, 0.2) is 42.7 Å². The number of hydrogen-bond donors (Lipinski definition) is 1. The number of aromatic nitrogens is 4. The number of pyridine rings is 1. The molecule has 1 aromatic carbocycles. The molecule has 0 amide bonds. The molecule has 2 aromatic heterocycles. The third-order valence-electron chi connectivity index (χ3n) is 3.35. The number of benzene rings is 1. The van der Waals surface area contributed by atoms with Gasteiger partial charge in [-0.15, -0.1) is 5.10 Å². The van der Waals surface area contributed by atoms with E-state index in [1.54, 1.807) is 10.9 Å². The maximum absolute atomic E-state index is 6.08. The Balaban J connectivity index is 2.03. The van der Waals surface area contributed by atoms with E-state index in [1.165, 1.54) is 0 Å². The van der Waals surface area contributed by atoms with E-state index >= 15 is 0 Å². The van der Waals surface area contributed by atoms with E-state index in [2.05, 4.69) is 22.2 Å². The van der Waals surface area contributed by atoms with Crippen LogP contribution in [0.5, 0.6) is 0 Å². The molecule has 0 aliphatic rings. The summed E-state index contributed by atoms with van der Waals surface area (Å²) in [5.41, 5.74) is 8.73. The summed E-state index contributed by atoms with van der Waals surface area (Å²) in [4.78, 5) is 4.43. The van der Waals surface area contributed by atoms with Crippen LogP contribution in [-0.2, 0) is 0 Å². The standard InChI is InChI=1S/C15H17N5/c1-2-5-12(16)13-10-20(19-18-13)14-8-3-6-11-7-4-9-17-15(11)14/h3-4,6-10,12H,2,5,16H2,1H3. The first-order chi connectivity index (χ1) is 9.79. The van der Waals surface area contributed by atoms with Crippen LogP contribution in [0, 0.1) is 0 Å². The van der Waals surface area contributed by atoms with Crippen LogP contribution in [0.4, 0.5) is 0 Å². The second-order valence-corrected chi connectivity index (χ2v) is 4.84. The lowest BCUT2D eigenvalue weighted by molar-refractivity contribution is 0.619. The lowest BCUT2D eigenvalue weighted by atomic mass is 10.1. The van der Waals surface area contributed by atoms with Crippen molar-refractivity contribution in [2.75, 3.05) is 0 Å². The van der Waals surface area contributed by atoms with Crippen LogP contribution in [0.25, 0.3) is 16.6 Å². The summed E-state index contributed by atoms with van der Waals surface area (Å²) in [6.45, 7) is 2.11. The van der Waals surface area contributed by atoms with Crippen molar-refractivity contribution in [1.82, 2.24) is 20.0 Å². The molecule has 5 nitrogen and oxygen atoms in total. The molecule has 2 heterocycles. The van der Waals surface area contributed by atoms with E-state index in [1.807, 2.05) is 36.5 Å². The maximum atomic E-state index is 6.08. The first-order valence-corrected chi connectivity index (χ1v) is 6.81. The third kappa shape index (κ3) is 2.28. The van der Waals surface area contributed by atoms with Gasteiger partial charge >= 0.3 is 0 Å². The van der Waals surface area contributed by atoms with Crippen molar-refractivity contribution in [1.29, 1.82) is 0 Å². The summed E-state index contributed by atoms with van der Waals surface area (Å²) in [6, 6.07) is 9.91. The lowest BCUT2D eigenvalue weighted by Gasteiger charge is -2.05. The van der Waals surface area contributed by atoms with Gasteiger partial charge in [-0.2, -0.15) is 0 Å². The maximum Gasteiger partial charge on any atom is 0.0998 e. The van der Waals surface area contributed by atoms with Crippen molar-refractivity contribution in [2.45, 2.75) is 25.8 Å². The summed E-state index contributed by atoms with van der Waals surface area (Å²) in [5, 5.41) is 9.45. The van der Waals surface area contributed by atoms with Crippen molar-refractivity contribution >= 4 is 10.9 Å². The Kier molecular flexibility index (Phi) is 3.43. The molecule has 0 saturated heterocycles. The minimum absolute atomic E-state index is 0.0586. The molecule has 1 unspecified atom stereocenters. The molecule has 0 spiro atoms. The van der Waals surface area contributed by atoms with E-state index in [9.17, 15) is 0 Å². The Morgan fingerprint density at radius 2 is 2.10 bits per heavy atom. The molecule has 0 aliphatic heterocycles. The summed E-state index contributed by atoms with van der Waals surface area (Å²) in [6.07, 6.45) is 5.62. The monoisotopic (exact) mass is 267 g/mol.